The molecule has 0 aliphatic rings. The van der Waals surface area contributed by atoms with Crippen LogP contribution < -0.4 is 5.01 Å². The molecule has 0 bridgehead atoms. The highest BCUT2D eigenvalue weighted by molar-refractivity contribution is 6.31. The van der Waals surface area contributed by atoms with Gasteiger partial charge in [-0.2, -0.15) is 0 Å². The van der Waals surface area contributed by atoms with Gasteiger partial charge in [-0.3, -0.25) is 4.68 Å². The van der Waals surface area contributed by atoms with E-state index >= 15 is 0 Å². The molecule has 0 N–H and O–H groups in total. The summed E-state index contributed by atoms with van der Waals surface area (Å²) in [4.78, 5) is 2.22. The summed E-state index contributed by atoms with van der Waals surface area (Å²) in [6.45, 7) is 4.20. The summed E-state index contributed by atoms with van der Waals surface area (Å²) >= 11 is 6.28. The van der Waals surface area contributed by atoms with Crippen molar-refractivity contribution in [2.45, 2.75) is 13.3 Å². The maximum Gasteiger partial charge on any atom is 0.0702 e. The maximum absolute atomic E-state index is 6.28. The van der Waals surface area contributed by atoms with Crippen molar-refractivity contribution in [2.75, 3.05) is 39.2 Å². The molecule has 0 atom stereocenters. The van der Waals surface area contributed by atoms with Crippen LogP contribution in [0.5, 0.6) is 0 Å². The Morgan fingerprint density at radius 1 is 0.962 bits per heavy atom. The minimum atomic E-state index is 0. The van der Waals surface area contributed by atoms with E-state index in [-0.39, 0.29) is 12.4 Å². The first kappa shape index (κ1) is 20.6. The number of aromatic nitrogens is 1. The first-order valence-electron chi connectivity index (χ1n) is 8.69. The molecule has 0 saturated carbocycles. The summed E-state index contributed by atoms with van der Waals surface area (Å²) in [5.74, 6) is 0. The molecular formula is C21H27Cl2N3. The van der Waals surface area contributed by atoms with Gasteiger partial charge in [0.2, 0.25) is 0 Å². The van der Waals surface area contributed by atoms with Gasteiger partial charge in [0.25, 0.3) is 0 Å². The van der Waals surface area contributed by atoms with Crippen molar-refractivity contribution in [1.29, 1.82) is 0 Å². The summed E-state index contributed by atoms with van der Waals surface area (Å²) in [6, 6.07) is 14.8. The van der Waals surface area contributed by atoms with E-state index < -0.39 is 0 Å². The fraction of sp³-hybridized carbons (Fsp3) is 0.333. The quantitative estimate of drug-likeness (QED) is 0.571. The van der Waals surface area contributed by atoms with Crippen molar-refractivity contribution < 1.29 is 0 Å². The number of fused-ring (bicyclic) bond motifs is 1. The Labute approximate surface area is 167 Å². The van der Waals surface area contributed by atoms with Crippen molar-refractivity contribution >= 4 is 34.9 Å². The lowest BCUT2D eigenvalue weighted by Crippen LogP contribution is -2.32. The second-order valence-corrected chi connectivity index (χ2v) is 7.39. The van der Waals surface area contributed by atoms with Gasteiger partial charge >= 0.3 is 0 Å². The lowest BCUT2D eigenvalue weighted by atomic mass is 10.0. The van der Waals surface area contributed by atoms with E-state index in [2.05, 4.69) is 85.2 Å². The van der Waals surface area contributed by atoms with Crippen LogP contribution in [0.4, 0.5) is 0 Å². The molecule has 5 heteroatoms. The molecule has 0 aliphatic carbocycles. The molecule has 0 radical (unpaired) electrons. The third-order valence-corrected chi connectivity index (χ3v) is 4.80. The number of rotatable bonds is 6. The number of aryl methyl sites for hydroxylation is 1. The Hall–Kier alpha value is -1.68. The van der Waals surface area contributed by atoms with E-state index in [0.29, 0.717) is 0 Å². The average Bonchev–Trinajstić information content (AvgIpc) is 2.94. The zero-order chi connectivity index (χ0) is 18.0. The third-order valence-electron chi connectivity index (χ3n) is 4.56. The predicted molar refractivity (Wildman–Crippen MR) is 117 cm³/mol. The number of halogens is 2. The van der Waals surface area contributed by atoms with Crippen LogP contribution in [0.3, 0.4) is 0 Å². The third kappa shape index (κ3) is 4.53. The SMILES string of the molecule is Cc1ccc(-c2cn(N(C)CCCN(C)C)c3ccc(Cl)cc23)cc1.Cl. The Balaban J connectivity index is 0.00000243. The van der Waals surface area contributed by atoms with E-state index in [1.54, 1.807) is 0 Å². The van der Waals surface area contributed by atoms with Gasteiger partial charge in [0.1, 0.15) is 0 Å². The molecule has 0 saturated heterocycles. The van der Waals surface area contributed by atoms with Crippen LogP contribution in [-0.4, -0.2) is 43.8 Å². The van der Waals surface area contributed by atoms with Gasteiger partial charge in [-0.25, -0.2) is 0 Å². The summed E-state index contributed by atoms with van der Waals surface area (Å²) in [5, 5.41) is 4.24. The van der Waals surface area contributed by atoms with Crippen LogP contribution in [0.15, 0.2) is 48.7 Å². The summed E-state index contributed by atoms with van der Waals surface area (Å²) in [6.07, 6.45) is 3.35. The molecule has 1 aromatic heterocycles. The minimum absolute atomic E-state index is 0. The smallest absolute Gasteiger partial charge is 0.0702 e. The van der Waals surface area contributed by atoms with Crippen molar-refractivity contribution in [3.8, 4) is 11.1 Å². The van der Waals surface area contributed by atoms with Crippen LogP contribution in [0.2, 0.25) is 5.02 Å². The van der Waals surface area contributed by atoms with Gasteiger partial charge < -0.3 is 9.91 Å². The molecule has 0 aliphatic heterocycles. The second-order valence-electron chi connectivity index (χ2n) is 6.95. The Morgan fingerprint density at radius 2 is 1.65 bits per heavy atom. The highest BCUT2D eigenvalue weighted by Gasteiger charge is 2.13. The minimum Gasteiger partial charge on any atom is -0.316 e. The summed E-state index contributed by atoms with van der Waals surface area (Å²) in [7, 11) is 6.37. The molecule has 0 unspecified atom stereocenters. The highest BCUT2D eigenvalue weighted by Crippen LogP contribution is 2.32. The zero-order valence-electron chi connectivity index (χ0n) is 15.9. The zero-order valence-corrected chi connectivity index (χ0v) is 17.4. The molecule has 1 heterocycles. The van der Waals surface area contributed by atoms with Gasteiger partial charge in [0.05, 0.1) is 5.52 Å². The van der Waals surface area contributed by atoms with Gasteiger partial charge in [0, 0.05) is 35.8 Å². The normalized spacial score (nSPS) is 11.0. The molecule has 0 fully saturated rings. The van der Waals surface area contributed by atoms with E-state index in [1.807, 2.05) is 6.07 Å². The van der Waals surface area contributed by atoms with Crippen molar-refractivity contribution in [3.63, 3.8) is 0 Å². The van der Waals surface area contributed by atoms with Crippen molar-refractivity contribution in [3.05, 3.63) is 59.2 Å². The molecule has 3 aromatic rings. The highest BCUT2D eigenvalue weighted by atomic mass is 35.5. The summed E-state index contributed by atoms with van der Waals surface area (Å²) in [5.41, 5.74) is 4.90. The summed E-state index contributed by atoms with van der Waals surface area (Å²) < 4.78 is 2.25. The molecule has 0 amide bonds. The fourth-order valence-corrected chi connectivity index (χ4v) is 3.33. The van der Waals surface area contributed by atoms with Gasteiger partial charge in [0.15, 0.2) is 0 Å². The second kappa shape index (κ2) is 8.81. The van der Waals surface area contributed by atoms with E-state index in [1.165, 1.54) is 27.6 Å². The molecule has 0 spiro atoms. The van der Waals surface area contributed by atoms with Gasteiger partial charge in [-0.05, 0) is 57.7 Å². The molecular weight excluding hydrogens is 365 g/mol. The molecule has 2 aromatic carbocycles. The molecule has 26 heavy (non-hydrogen) atoms. The molecule has 3 nitrogen and oxygen atoms in total. The van der Waals surface area contributed by atoms with Gasteiger partial charge in [-0.1, -0.05) is 41.4 Å². The average molecular weight is 392 g/mol. The van der Waals surface area contributed by atoms with Crippen LogP contribution in [0.1, 0.15) is 12.0 Å². The number of hydrogen-bond acceptors (Lipinski definition) is 2. The fourth-order valence-electron chi connectivity index (χ4n) is 3.15. The monoisotopic (exact) mass is 391 g/mol. The Morgan fingerprint density at radius 3 is 2.31 bits per heavy atom. The standard InChI is InChI=1S/C21H26ClN3.ClH/c1-16-6-8-17(9-7-16)20-15-25(24(4)13-5-12-23(2)3)21-11-10-18(22)14-19(20)21;/h6-11,14-15H,5,12-13H2,1-4H3;1H. The Kier molecular flexibility index (Phi) is 6.99. The van der Waals surface area contributed by atoms with Crippen LogP contribution in [0, 0.1) is 6.92 Å². The first-order chi connectivity index (χ1) is 12.0. The maximum atomic E-state index is 6.28. The topological polar surface area (TPSA) is 11.4 Å². The van der Waals surface area contributed by atoms with E-state index in [0.717, 1.165) is 24.5 Å². The largest absolute Gasteiger partial charge is 0.316 e. The number of hydrogen-bond donors (Lipinski definition) is 0. The number of benzene rings is 2. The molecule has 140 valence electrons. The predicted octanol–water partition coefficient (Wildman–Crippen LogP) is 5.21. The van der Waals surface area contributed by atoms with E-state index in [9.17, 15) is 0 Å². The van der Waals surface area contributed by atoms with Crippen LogP contribution in [-0.2, 0) is 0 Å². The Bertz CT molecular complexity index is 854. The van der Waals surface area contributed by atoms with Crippen LogP contribution in [0.25, 0.3) is 22.0 Å². The number of nitrogens with zero attached hydrogens (tertiary/aromatic N) is 3. The first-order valence-corrected chi connectivity index (χ1v) is 9.07. The van der Waals surface area contributed by atoms with Crippen LogP contribution >= 0.6 is 24.0 Å². The van der Waals surface area contributed by atoms with Crippen molar-refractivity contribution in [2.24, 2.45) is 0 Å². The lowest BCUT2D eigenvalue weighted by Gasteiger charge is -2.22. The van der Waals surface area contributed by atoms with Gasteiger partial charge in [-0.15, -0.1) is 12.4 Å². The van der Waals surface area contributed by atoms with E-state index in [4.69, 9.17) is 11.6 Å². The lowest BCUT2D eigenvalue weighted by molar-refractivity contribution is 0.396. The molecule has 3 rings (SSSR count). The van der Waals surface area contributed by atoms with Crippen molar-refractivity contribution in [1.82, 2.24) is 9.58 Å².